The lowest BCUT2D eigenvalue weighted by Crippen LogP contribution is -2.42. The van der Waals surface area contributed by atoms with E-state index in [0.717, 1.165) is 16.9 Å². The van der Waals surface area contributed by atoms with E-state index in [0.29, 0.717) is 54.5 Å². The van der Waals surface area contributed by atoms with Crippen molar-refractivity contribution in [2.45, 2.75) is 39.7 Å². The Bertz CT molecular complexity index is 1180. The molecule has 0 atom stereocenters. The summed E-state index contributed by atoms with van der Waals surface area (Å²) in [6.07, 6.45) is 1.82. The highest BCUT2D eigenvalue weighted by Gasteiger charge is 2.29. The van der Waals surface area contributed by atoms with Crippen LogP contribution in [0.25, 0.3) is 11.0 Å². The van der Waals surface area contributed by atoms with E-state index in [-0.39, 0.29) is 24.3 Å². The Balaban J connectivity index is 1.57. The number of ether oxygens (including phenoxy) is 1. The summed E-state index contributed by atoms with van der Waals surface area (Å²) < 4.78 is 7.06. The smallest absolute Gasteiger partial charge is 0.309 e. The van der Waals surface area contributed by atoms with Crippen LogP contribution in [0.4, 0.5) is 0 Å². The van der Waals surface area contributed by atoms with Crippen LogP contribution in [0.1, 0.15) is 36.7 Å². The number of halogens is 2. The predicted octanol–water partition coefficient (Wildman–Crippen LogP) is 5.04. The Morgan fingerprint density at radius 1 is 1.12 bits per heavy atom. The maximum atomic E-state index is 13.2. The molecule has 2 heterocycles. The molecule has 0 unspecified atom stereocenters. The molecule has 174 valence electrons. The fourth-order valence-corrected chi connectivity index (χ4v) is 4.66. The quantitative estimate of drug-likeness (QED) is 0.456. The van der Waals surface area contributed by atoms with Crippen molar-refractivity contribution >= 4 is 46.1 Å². The van der Waals surface area contributed by atoms with Gasteiger partial charge < -0.3 is 14.2 Å². The highest BCUT2D eigenvalue weighted by atomic mass is 35.5. The number of hydrogen-bond acceptors (Lipinski definition) is 4. The van der Waals surface area contributed by atoms with Gasteiger partial charge in [0.2, 0.25) is 5.91 Å². The Morgan fingerprint density at radius 2 is 1.85 bits per heavy atom. The van der Waals surface area contributed by atoms with Gasteiger partial charge in [0.1, 0.15) is 12.4 Å². The molecule has 0 aliphatic carbocycles. The van der Waals surface area contributed by atoms with Gasteiger partial charge >= 0.3 is 5.97 Å². The van der Waals surface area contributed by atoms with Gasteiger partial charge in [-0.05, 0) is 44.4 Å². The third-order valence-electron chi connectivity index (χ3n) is 6.08. The number of nitrogens with zero attached hydrogens (tertiary/aromatic N) is 3. The number of fused-ring (bicyclic) bond motifs is 1. The molecule has 0 N–H and O–H groups in total. The third kappa shape index (κ3) is 5.33. The van der Waals surface area contributed by atoms with E-state index < -0.39 is 0 Å². The number of piperidine rings is 1. The Labute approximate surface area is 203 Å². The van der Waals surface area contributed by atoms with Crippen molar-refractivity contribution in [2.24, 2.45) is 5.92 Å². The lowest BCUT2D eigenvalue weighted by Gasteiger charge is -2.31. The zero-order valence-electron chi connectivity index (χ0n) is 18.8. The van der Waals surface area contributed by atoms with Crippen LogP contribution in [0.3, 0.4) is 0 Å². The lowest BCUT2D eigenvalue weighted by molar-refractivity contribution is -0.151. The van der Waals surface area contributed by atoms with E-state index in [1.54, 1.807) is 19.1 Å². The molecule has 33 heavy (non-hydrogen) atoms. The van der Waals surface area contributed by atoms with Gasteiger partial charge in [-0.15, -0.1) is 0 Å². The number of aromatic nitrogens is 2. The van der Waals surface area contributed by atoms with Crippen molar-refractivity contribution in [3.8, 4) is 0 Å². The molecule has 1 saturated heterocycles. The monoisotopic (exact) mass is 487 g/mol. The molecule has 0 spiro atoms. The normalized spacial score (nSPS) is 14.6. The van der Waals surface area contributed by atoms with Crippen molar-refractivity contribution in [2.75, 3.05) is 19.7 Å². The van der Waals surface area contributed by atoms with Crippen LogP contribution in [0.5, 0.6) is 0 Å². The summed E-state index contributed by atoms with van der Waals surface area (Å²) in [6.45, 7) is 5.46. The Morgan fingerprint density at radius 3 is 2.55 bits per heavy atom. The van der Waals surface area contributed by atoms with E-state index in [1.807, 2.05) is 15.5 Å². The first-order chi connectivity index (χ1) is 15.9. The highest BCUT2D eigenvalue weighted by molar-refractivity contribution is 6.42. The van der Waals surface area contributed by atoms with Crippen molar-refractivity contribution in [1.29, 1.82) is 0 Å². The second-order valence-electron chi connectivity index (χ2n) is 8.44. The zero-order valence-corrected chi connectivity index (χ0v) is 20.3. The number of carbonyl (C=O) groups excluding carboxylic acids is 2. The molecule has 1 aromatic heterocycles. The van der Waals surface area contributed by atoms with Crippen molar-refractivity contribution in [1.82, 2.24) is 14.5 Å². The fourth-order valence-electron chi connectivity index (χ4n) is 4.35. The molecule has 1 amide bonds. The van der Waals surface area contributed by atoms with Gasteiger partial charge in [0.05, 0.1) is 33.6 Å². The second-order valence-corrected chi connectivity index (χ2v) is 9.26. The van der Waals surface area contributed by atoms with Gasteiger partial charge in [-0.25, -0.2) is 4.98 Å². The zero-order chi connectivity index (χ0) is 23.5. The average molecular weight is 488 g/mol. The molecular formula is C25H27Cl2N3O3. The number of carbonyl (C=O) groups is 2. The molecule has 2 aromatic carbocycles. The van der Waals surface area contributed by atoms with Gasteiger partial charge in [-0.1, -0.05) is 53.0 Å². The molecule has 1 fully saturated rings. The van der Waals surface area contributed by atoms with Gasteiger partial charge in [0, 0.05) is 19.5 Å². The Hall–Kier alpha value is -2.57. The first-order valence-electron chi connectivity index (χ1n) is 11.2. The number of benzene rings is 2. The van der Waals surface area contributed by atoms with E-state index in [4.69, 9.17) is 32.9 Å². The SMILES string of the molecule is CCOC(=O)C1CCN(C(=O)Cn2c(Cc3cccc(C)c3)nc3cc(Cl)c(Cl)cc32)CC1. The first kappa shape index (κ1) is 23.6. The minimum atomic E-state index is -0.169. The van der Waals surface area contributed by atoms with Crippen LogP contribution in [0, 0.1) is 12.8 Å². The van der Waals surface area contributed by atoms with Crippen LogP contribution < -0.4 is 0 Å². The standard InChI is InChI=1S/C25H27Cl2N3O3/c1-3-33-25(32)18-7-9-29(10-8-18)24(31)15-30-22-14-20(27)19(26)13-21(22)28-23(30)12-17-6-4-5-16(2)11-17/h4-6,11,13-14,18H,3,7-10,12,15H2,1-2H3. The summed E-state index contributed by atoms with van der Waals surface area (Å²) in [6, 6.07) is 11.8. The topological polar surface area (TPSA) is 64.4 Å². The van der Waals surface area contributed by atoms with E-state index in [9.17, 15) is 9.59 Å². The minimum absolute atomic E-state index is 0.00632. The van der Waals surface area contributed by atoms with Crippen LogP contribution in [0.2, 0.25) is 10.0 Å². The third-order valence-corrected chi connectivity index (χ3v) is 6.80. The number of likely N-dealkylation sites (tertiary alicyclic amines) is 1. The van der Waals surface area contributed by atoms with Gasteiger partial charge in [0.15, 0.2) is 0 Å². The molecule has 8 heteroatoms. The molecule has 0 bridgehead atoms. The molecule has 1 aliphatic heterocycles. The number of imidazole rings is 1. The summed E-state index contributed by atoms with van der Waals surface area (Å²) in [5, 5.41) is 0.860. The molecule has 0 radical (unpaired) electrons. The summed E-state index contributed by atoms with van der Waals surface area (Å²) in [4.78, 5) is 31.8. The molecule has 1 aliphatic rings. The second kappa shape index (κ2) is 10.1. The number of amides is 1. The number of aryl methyl sites for hydroxylation is 1. The minimum Gasteiger partial charge on any atom is -0.466 e. The van der Waals surface area contributed by atoms with Crippen molar-refractivity contribution in [3.63, 3.8) is 0 Å². The lowest BCUT2D eigenvalue weighted by atomic mass is 9.97. The molecular weight excluding hydrogens is 461 g/mol. The summed E-state index contributed by atoms with van der Waals surface area (Å²) in [5.74, 6) is 0.468. The molecule has 3 aromatic rings. The first-order valence-corrected chi connectivity index (χ1v) is 12.0. The van der Waals surface area contributed by atoms with Crippen molar-refractivity contribution < 1.29 is 14.3 Å². The van der Waals surface area contributed by atoms with Gasteiger partial charge in [-0.2, -0.15) is 0 Å². The number of esters is 1. The maximum Gasteiger partial charge on any atom is 0.309 e. The van der Waals surface area contributed by atoms with Crippen molar-refractivity contribution in [3.05, 3.63) is 63.4 Å². The predicted molar refractivity (Wildman–Crippen MR) is 130 cm³/mol. The Kier molecular flexibility index (Phi) is 7.25. The van der Waals surface area contributed by atoms with Crippen LogP contribution in [0.15, 0.2) is 36.4 Å². The fraction of sp³-hybridized carbons (Fsp3) is 0.400. The van der Waals surface area contributed by atoms with Crippen LogP contribution in [-0.2, 0) is 27.3 Å². The number of hydrogen-bond donors (Lipinski definition) is 0. The van der Waals surface area contributed by atoms with Gasteiger partial charge in [-0.3, -0.25) is 9.59 Å². The van der Waals surface area contributed by atoms with Gasteiger partial charge in [0.25, 0.3) is 0 Å². The van der Waals surface area contributed by atoms with Crippen LogP contribution >= 0.6 is 23.2 Å². The molecule has 6 nitrogen and oxygen atoms in total. The van der Waals surface area contributed by atoms with E-state index in [2.05, 4.69) is 25.1 Å². The number of rotatable bonds is 6. The summed E-state index contributed by atoms with van der Waals surface area (Å²) >= 11 is 12.5. The van der Waals surface area contributed by atoms with E-state index in [1.165, 1.54) is 5.56 Å². The highest BCUT2D eigenvalue weighted by Crippen LogP contribution is 2.29. The largest absolute Gasteiger partial charge is 0.466 e. The summed E-state index contributed by atoms with van der Waals surface area (Å²) in [5.41, 5.74) is 3.77. The van der Waals surface area contributed by atoms with Crippen LogP contribution in [-0.4, -0.2) is 46.0 Å². The summed E-state index contributed by atoms with van der Waals surface area (Å²) in [7, 11) is 0. The molecule has 4 rings (SSSR count). The maximum absolute atomic E-state index is 13.2. The molecule has 0 saturated carbocycles. The van der Waals surface area contributed by atoms with E-state index >= 15 is 0 Å². The average Bonchev–Trinajstić information content (AvgIpc) is 3.10.